The van der Waals surface area contributed by atoms with Crippen LogP contribution >= 0.6 is 0 Å². The number of anilines is 1. The number of aryl methyl sites for hydroxylation is 2. The van der Waals surface area contributed by atoms with Gasteiger partial charge in [0.1, 0.15) is 5.52 Å². The number of hydrogen-bond acceptors (Lipinski definition) is 4. The summed E-state index contributed by atoms with van der Waals surface area (Å²) in [6.07, 6.45) is 11.7. The number of piperidine rings is 1. The zero-order valence-electron chi connectivity index (χ0n) is 19.2. The monoisotopic (exact) mass is 431 g/mol. The van der Waals surface area contributed by atoms with Gasteiger partial charge in [0.05, 0.1) is 11.6 Å². The summed E-state index contributed by atoms with van der Waals surface area (Å²) in [4.78, 5) is 20.0. The summed E-state index contributed by atoms with van der Waals surface area (Å²) in [5.74, 6) is 1.17. The SMILES string of the molecule is Cc1ccc(-c2cc3c(N4CCCC(C(=O)NC5CCCCC5)C4)nccn3n2)c(C)c1. The van der Waals surface area contributed by atoms with E-state index in [-0.39, 0.29) is 11.8 Å². The number of nitrogens with zero attached hydrogens (tertiary/aromatic N) is 4. The van der Waals surface area contributed by atoms with Crippen LogP contribution in [-0.2, 0) is 4.79 Å². The molecular formula is C26H33N5O. The smallest absolute Gasteiger partial charge is 0.225 e. The molecule has 0 bridgehead atoms. The van der Waals surface area contributed by atoms with Gasteiger partial charge in [0.2, 0.25) is 5.91 Å². The molecule has 1 aromatic carbocycles. The van der Waals surface area contributed by atoms with Gasteiger partial charge >= 0.3 is 0 Å². The summed E-state index contributed by atoms with van der Waals surface area (Å²) in [6.45, 7) is 5.88. The molecule has 6 heteroatoms. The topological polar surface area (TPSA) is 62.5 Å². The first kappa shape index (κ1) is 21.0. The minimum Gasteiger partial charge on any atom is -0.354 e. The van der Waals surface area contributed by atoms with Gasteiger partial charge in [0.15, 0.2) is 5.82 Å². The maximum absolute atomic E-state index is 13.0. The van der Waals surface area contributed by atoms with Crippen LogP contribution in [0.3, 0.4) is 0 Å². The van der Waals surface area contributed by atoms with Gasteiger partial charge in [-0.2, -0.15) is 5.10 Å². The summed E-state index contributed by atoms with van der Waals surface area (Å²) >= 11 is 0. The highest BCUT2D eigenvalue weighted by atomic mass is 16.2. The van der Waals surface area contributed by atoms with Crippen LogP contribution < -0.4 is 10.2 Å². The van der Waals surface area contributed by atoms with Crippen LogP contribution in [0.15, 0.2) is 36.7 Å². The van der Waals surface area contributed by atoms with Crippen LogP contribution in [0.25, 0.3) is 16.8 Å². The molecule has 6 nitrogen and oxygen atoms in total. The van der Waals surface area contributed by atoms with E-state index in [1.807, 2.05) is 16.9 Å². The number of carbonyl (C=O) groups is 1. The molecule has 0 spiro atoms. The first-order valence-electron chi connectivity index (χ1n) is 12.1. The highest BCUT2D eigenvalue weighted by molar-refractivity contribution is 5.81. The zero-order valence-corrected chi connectivity index (χ0v) is 19.2. The normalized spacial score (nSPS) is 19.9. The molecule has 1 aliphatic heterocycles. The Kier molecular flexibility index (Phi) is 5.85. The van der Waals surface area contributed by atoms with Gasteiger partial charge < -0.3 is 10.2 Å². The first-order chi connectivity index (χ1) is 15.6. The van der Waals surface area contributed by atoms with E-state index in [1.165, 1.54) is 30.4 Å². The Morgan fingerprint density at radius 1 is 1.06 bits per heavy atom. The number of aromatic nitrogens is 3. The van der Waals surface area contributed by atoms with E-state index in [0.29, 0.717) is 6.04 Å². The summed E-state index contributed by atoms with van der Waals surface area (Å²) in [5.41, 5.74) is 5.58. The third-order valence-corrected chi connectivity index (χ3v) is 7.07. The molecule has 2 aromatic heterocycles. The zero-order chi connectivity index (χ0) is 22.1. The maximum atomic E-state index is 13.0. The van der Waals surface area contributed by atoms with E-state index in [2.05, 4.69) is 48.3 Å². The van der Waals surface area contributed by atoms with Gasteiger partial charge in [-0.25, -0.2) is 9.50 Å². The second kappa shape index (κ2) is 8.93. The van der Waals surface area contributed by atoms with Crippen molar-refractivity contribution in [3.63, 3.8) is 0 Å². The first-order valence-corrected chi connectivity index (χ1v) is 12.1. The van der Waals surface area contributed by atoms with E-state index in [0.717, 1.165) is 61.4 Å². The number of hydrogen-bond donors (Lipinski definition) is 1. The largest absolute Gasteiger partial charge is 0.354 e. The van der Waals surface area contributed by atoms with E-state index in [9.17, 15) is 4.79 Å². The van der Waals surface area contributed by atoms with Gasteiger partial charge in [-0.05, 0) is 51.2 Å². The van der Waals surface area contributed by atoms with Crippen molar-refractivity contribution in [2.75, 3.05) is 18.0 Å². The Balaban J connectivity index is 1.37. The molecule has 1 amide bonds. The molecule has 32 heavy (non-hydrogen) atoms. The van der Waals surface area contributed by atoms with Crippen molar-refractivity contribution in [3.05, 3.63) is 47.8 Å². The Morgan fingerprint density at radius 2 is 1.91 bits per heavy atom. The van der Waals surface area contributed by atoms with E-state index < -0.39 is 0 Å². The predicted molar refractivity (Wildman–Crippen MR) is 128 cm³/mol. The third-order valence-electron chi connectivity index (χ3n) is 7.07. The summed E-state index contributed by atoms with van der Waals surface area (Å²) in [5, 5.41) is 8.16. The Morgan fingerprint density at radius 3 is 2.72 bits per heavy atom. The van der Waals surface area contributed by atoms with Gasteiger partial charge in [-0.15, -0.1) is 0 Å². The Hall–Kier alpha value is -2.89. The maximum Gasteiger partial charge on any atom is 0.225 e. The fourth-order valence-corrected chi connectivity index (χ4v) is 5.33. The van der Waals surface area contributed by atoms with Crippen molar-refractivity contribution in [1.82, 2.24) is 19.9 Å². The second-order valence-corrected chi connectivity index (χ2v) is 9.56. The summed E-state index contributed by atoms with van der Waals surface area (Å²) < 4.78 is 1.92. The molecule has 1 atom stereocenters. The molecule has 0 radical (unpaired) electrons. The predicted octanol–water partition coefficient (Wildman–Crippen LogP) is 4.68. The van der Waals surface area contributed by atoms with Crippen molar-refractivity contribution in [2.45, 2.75) is 64.8 Å². The Bertz CT molecular complexity index is 1110. The molecule has 1 aliphatic carbocycles. The molecule has 3 heterocycles. The molecule has 1 saturated heterocycles. The van der Waals surface area contributed by atoms with Crippen molar-refractivity contribution >= 4 is 17.2 Å². The molecule has 3 aromatic rings. The van der Waals surface area contributed by atoms with Crippen LogP contribution in [-0.4, -0.2) is 39.6 Å². The summed E-state index contributed by atoms with van der Waals surface area (Å²) in [7, 11) is 0. The van der Waals surface area contributed by atoms with E-state index >= 15 is 0 Å². The number of nitrogens with one attached hydrogen (secondary N) is 1. The summed E-state index contributed by atoms with van der Waals surface area (Å²) in [6, 6.07) is 8.96. The van der Waals surface area contributed by atoms with Crippen molar-refractivity contribution < 1.29 is 4.79 Å². The van der Waals surface area contributed by atoms with E-state index in [1.54, 1.807) is 0 Å². The highest BCUT2D eigenvalue weighted by Crippen LogP contribution is 2.30. The molecular weight excluding hydrogens is 398 g/mol. The van der Waals surface area contributed by atoms with Crippen molar-refractivity contribution in [2.24, 2.45) is 5.92 Å². The van der Waals surface area contributed by atoms with Gasteiger partial charge in [-0.3, -0.25) is 4.79 Å². The number of rotatable bonds is 4. The van der Waals surface area contributed by atoms with Crippen LogP contribution in [0.4, 0.5) is 5.82 Å². The molecule has 1 N–H and O–H groups in total. The van der Waals surface area contributed by atoms with Crippen molar-refractivity contribution in [1.29, 1.82) is 0 Å². The number of carbonyl (C=O) groups excluding carboxylic acids is 1. The van der Waals surface area contributed by atoms with Crippen molar-refractivity contribution in [3.8, 4) is 11.3 Å². The van der Waals surface area contributed by atoms with Crippen LogP contribution in [0.5, 0.6) is 0 Å². The third kappa shape index (κ3) is 4.23. The lowest BCUT2D eigenvalue weighted by Gasteiger charge is -2.34. The lowest BCUT2D eigenvalue weighted by atomic mass is 9.93. The average Bonchev–Trinajstić information content (AvgIpc) is 3.24. The second-order valence-electron chi connectivity index (χ2n) is 9.56. The van der Waals surface area contributed by atoms with E-state index in [4.69, 9.17) is 10.1 Å². The highest BCUT2D eigenvalue weighted by Gasteiger charge is 2.29. The van der Waals surface area contributed by atoms with Gasteiger partial charge in [-0.1, -0.05) is 43.0 Å². The Labute approximate surface area is 190 Å². The number of benzene rings is 1. The van der Waals surface area contributed by atoms with Crippen LogP contribution in [0.1, 0.15) is 56.1 Å². The minimum absolute atomic E-state index is 0.0227. The fourth-order valence-electron chi connectivity index (χ4n) is 5.33. The fraction of sp³-hybridized carbons (Fsp3) is 0.500. The molecule has 2 aliphatic rings. The number of amides is 1. The van der Waals surface area contributed by atoms with Gasteiger partial charge in [0.25, 0.3) is 0 Å². The van der Waals surface area contributed by atoms with Crippen LogP contribution in [0, 0.1) is 19.8 Å². The van der Waals surface area contributed by atoms with Crippen LogP contribution in [0.2, 0.25) is 0 Å². The standard InChI is InChI=1S/C26H33N5O/c1-18-10-11-22(19(2)15-18)23-16-24-25(27-12-14-31(24)29-23)30-13-6-7-20(17-30)26(32)28-21-8-4-3-5-9-21/h10-12,14-16,20-21H,3-9,13,17H2,1-2H3,(H,28,32). The quantitative estimate of drug-likeness (QED) is 0.652. The molecule has 168 valence electrons. The number of fused-ring (bicyclic) bond motifs is 1. The molecule has 5 rings (SSSR count). The lowest BCUT2D eigenvalue weighted by molar-refractivity contribution is -0.126. The molecule has 2 fully saturated rings. The minimum atomic E-state index is 0.0227. The molecule has 1 unspecified atom stereocenters. The average molecular weight is 432 g/mol. The molecule has 1 saturated carbocycles. The lowest BCUT2D eigenvalue weighted by Crippen LogP contribution is -2.46. The van der Waals surface area contributed by atoms with Gasteiger partial charge in [0, 0.05) is 37.1 Å².